The number of halogens is 1. The van der Waals surface area contributed by atoms with Crippen LogP contribution in [-0.2, 0) is 6.54 Å². The molecule has 1 aromatic rings. The van der Waals surface area contributed by atoms with Crippen LogP contribution in [0, 0.1) is 5.92 Å². The molecule has 1 atom stereocenters. The summed E-state index contributed by atoms with van der Waals surface area (Å²) >= 11 is 6.15. The van der Waals surface area contributed by atoms with Gasteiger partial charge in [-0.2, -0.15) is 0 Å². The van der Waals surface area contributed by atoms with Gasteiger partial charge in [0, 0.05) is 36.4 Å². The number of nitrogens with one attached hydrogen (secondary N) is 1. The number of hydrogen-bond donors (Lipinski definition) is 1. The van der Waals surface area contributed by atoms with E-state index in [1.807, 2.05) is 6.07 Å². The van der Waals surface area contributed by atoms with Crippen LogP contribution in [0.15, 0.2) is 18.2 Å². The van der Waals surface area contributed by atoms with Gasteiger partial charge in [0.25, 0.3) is 0 Å². The van der Waals surface area contributed by atoms with Crippen LogP contribution in [0.3, 0.4) is 0 Å². The third-order valence-electron chi connectivity index (χ3n) is 3.95. The molecule has 1 aliphatic rings. The minimum atomic E-state index is 0.494. The lowest BCUT2D eigenvalue weighted by molar-refractivity contribution is 0.568. The first-order chi connectivity index (χ1) is 9.10. The third-order valence-corrected chi connectivity index (χ3v) is 4.18. The zero-order valence-corrected chi connectivity index (χ0v) is 13.0. The zero-order valence-electron chi connectivity index (χ0n) is 12.2. The van der Waals surface area contributed by atoms with Gasteiger partial charge in [-0.1, -0.05) is 38.8 Å². The Labute approximate surface area is 122 Å². The molecule has 0 saturated carbocycles. The highest BCUT2D eigenvalue weighted by atomic mass is 35.5. The summed E-state index contributed by atoms with van der Waals surface area (Å²) in [7, 11) is 0. The normalized spacial score (nSPS) is 19.4. The van der Waals surface area contributed by atoms with E-state index < -0.39 is 0 Å². The fraction of sp³-hybridized carbons (Fsp3) is 0.625. The van der Waals surface area contributed by atoms with Crippen molar-refractivity contribution in [2.75, 3.05) is 18.0 Å². The van der Waals surface area contributed by atoms with Crippen LogP contribution >= 0.6 is 11.6 Å². The Morgan fingerprint density at radius 3 is 2.84 bits per heavy atom. The number of hydrogen-bond acceptors (Lipinski definition) is 2. The molecule has 0 radical (unpaired) electrons. The third kappa shape index (κ3) is 3.87. The average Bonchev–Trinajstić information content (AvgIpc) is 2.85. The van der Waals surface area contributed by atoms with Gasteiger partial charge < -0.3 is 10.2 Å². The standard InChI is InChI=1S/C16H25ClN2/c1-4-13-7-8-19(11-13)16-6-5-15(17)9-14(16)10-18-12(2)3/h5-6,9,12-13,18H,4,7-8,10-11H2,1-3H3. The van der Waals surface area contributed by atoms with Gasteiger partial charge in [0.1, 0.15) is 0 Å². The van der Waals surface area contributed by atoms with E-state index in [9.17, 15) is 0 Å². The first-order valence-corrected chi connectivity index (χ1v) is 7.74. The minimum absolute atomic E-state index is 0.494. The fourth-order valence-corrected chi connectivity index (χ4v) is 2.90. The van der Waals surface area contributed by atoms with Gasteiger partial charge in [0.05, 0.1) is 0 Å². The highest BCUT2D eigenvalue weighted by Gasteiger charge is 2.22. The zero-order chi connectivity index (χ0) is 13.8. The van der Waals surface area contributed by atoms with E-state index in [4.69, 9.17) is 11.6 Å². The largest absolute Gasteiger partial charge is 0.371 e. The van der Waals surface area contributed by atoms with E-state index >= 15 is 0 Å². The molecule has 0 aromatic heterocycles. The first-order valence-electron chi connectivity index (χ1n) is 7.37. The number of anilines is 1. The van der Waals surface area contributed by atoms with Crippen molar-refractivity contribution in [2.24, 2.45) is 5.92 Å². The Morgan fingerprint density at radius 2 is 2.21 bits per heavy atom. The van der Waals surface area contributed by atoms with Gasteiger partial charge >= 0.3 is 0 Å². The van der Waals surface area contributed by atoms with Crippen molar-refractivity contribution in [1.82, 2.24) is 5.32 Å². The van der Waals surface area contributed by atoms with E-state index in [2.05, 4.69) is 43.1 Å². The minimum Gasteiger partial charge on any atom is -0.371 e. The van der Waals surface area contributed by atoms with Gasteiger partial charge in [-0.25, -0.2) is 0 Å². The van der Waals surface area contributed by atoms with Crippen molar-refractivity contribution in [3.05, 3.63) is 28.8 Å². The summed E-state index contributed by atoms with van der Waals surface area (Å²) in [5.74, 6) is 0.849. The lowest BCUT2D eigenvalue weighted by atomic mass is 10.1. The number of nitrogens with zero attached hydrogens (tertiary/aromatic N) is 1. The lowest BCUT2D eigenvalue weighted by Gasteiger charge is -2.23. The van der Waals surface area contributed by atoms with Crippen LogP contribution < -0.4 is 10.2 Å². The van der Waals surface area contributed by atoms with Crippen LogP contribution in [0.2, 0.25) is 5.02 Å². The highest BCUT2D eigenvalue weighted by molar-refractivity contribution is 6.30. The van der Waals surface area contributed by atoms with Crippen molar-refractivity contribution in [3.8, 4) is 0 Å². The molecular formula is C16H25ClN2. The van der Waals surface area contributed by atoms with Crippen molar-refractivity contribution < 1.29 is 0 Å². The molecule has 0 aliphatic carbocycles. The van der Waals surface area contributed by atoms with Gasteiger partial charge in [-0.15, -0.1) is 0 Å². The monoisotopic (exact) mass is 280 g/mol. The quantitative estimate of drug-likeness (QED) is 0.874. The molecule has 0 spiro atoms. The lowest BCUT2D eigenvalue weighted by Crippen LogP contribution is -2.25. The number of rotatable bonds is 5. The van der Waals surface area contributed by atoms with Crippen molar-refractivity contribution in [1.29, 1.82) is 0 Å². The van der Waals surface area contributed by atoms with Gasteiger partial charge in [-0.05, 0) is 36.1 Å². The molecule has 1 fully saturated rings. The molecule has 1 aromatic carbocycles. The Hall–Kier alpha value is -0.730. The predicted octanol–water partition coefficient (Wildman–Crippen LogP) is 4.07. The van der Waals surface area contributed by atoms with E-state index in [0.717, 1.165) is 17.5 Å². The molecule has 106 valence electrons. The molecule has 3 heteroatoms. The summed E-state index contributed by atoms with van der Waals surface area (Å²) in [5.41, 5.74) is 2.67. The van der Waals surface area contributed by atoms with Crippen LogP contribution in [0.25, 0.3) is 0 Å². The topological polar surface area (TPSA) is 15.3 Å². The Bertz CT molecular complexity index is 417. The van der Waals surface area contributed by atoms with Crippen molar-refractivity contribution >= 4 is 17.3 Å². The summed E-state index contributed by atoms with van der Waals surface area (Å²) in [5, 5.41) is 4.32. The van der Waals surface area contributed by atoms with Crippen LogP contribution in [0.4, 0.5) is 5.69 Å². The molecule has 19 heavy (non-hydrogen) atoms. The second-order valence-electron chi connectivity index (χ2n) is 5.82. The van der Waals surface area contributed by atoms with Gasteiger partial charge in [0.2, 0.25) is 0 Å². The Kier molecular flexibility index (Phi) is 5.12. The fourth-order valence-electron chi connectivity index (χ4n) is 2.70. The first kappa shape index (κ1) is 14.7. The molecule has 1 unspecified atom stereocenters. The summed E-state index contributed by atoms with van der Waals surface area (Å²) in [6.45, 7) is 9.89. The second-order valence-corrected chi connectivity index (χ2v) is 6.25. The van der Waals surface area contributed by atoms with Crippen LogP contribution in [0.1, 0.15) is 39.2 Å². The SMILES string of the molecule is CCC1CCN(c2ccc(Cl)cc2CNC(C)C)C1. The van der Waals surface area contributed by atoms with E-state index in [0.29, 0.717) is 6.04 Å². The molecule has 0 bridgehead atoms. The molecular weight excluding hydrogens is 256 g/mol. The Morgan fingerprint density at radius 1 is 1.42 bits per heavy atom. The second kappa shape index (κ2) is 6.62. The van der Waals surface area contributed by atoms with Crippen LogP contribution in [-0.4, -0.2) is 19.1 Å². The summed E-state index contributed by atoms with van der Waals surface area (Å²) in [6, 6.07) is 6.78. The van der Waals surface area contributed by atoms with E-state index in [1.165, 1.54) is 37.2 Å². The average molecular weight is 281 g/mol. The van der Waals surface area contributed by atoms with Crippen molar-refractivity contribution in [2.45, 2.75) is 46.2 Å². The van der Waals surface area contributed by atoms with Crippen molar-refractivity contribution in [3.63, 3.8) is 0 Å². The predicted molar refractivity (Wildman–Crippen MR) is 84.0 cm³/mol. The molecule has 0 amide bonds. The van der Waals surface area contributed by atoms with E-state index in [-0.39, 0.29) is 0 Å². The van der Waals surface area contributed by atoms with Gasteiger partial charge in [0.15, 0.2) is 0 Å². The Balaban J connectivity index is 2.14. The molecule has 2 nitrogen and oxygen atoms in total. The summed E-state index contributed by atoms with van der Waals surface area (Å²) in [4.78, 5) is 2.52. The highest BCUT2D eigenvalue weighted by Crippen LogP contribution is 2.30. The molecule has 1 saturated heterocycles. The molecule has 1 heterocycles. The molecule has 2 rings (SSSR count). The van der Waals surface area contributed by atoms with Gasteiger partial charge in [-0.3, -0.25) is 0 Å². The maximum atomic E-state index is 6.15. The molecule has 1 N–H and O–H groups in total. The van der Waals surface area contributed by atoms with Crippen LogP contribution in [0.5, 0.6) is 0 Å². The van der Waals surface area contributed by atoms with E-state index in [1.54, 1.807) is 0 Å². The summed E-state index contributed by atoms with van der Waals surface area (Å²) < 4.78 is 0. The smallest absolute Gasteiger partial charge is 0.0412 e. The maximum absolute atomic E-state index is 6.15. The summed E-state index contributed by atoms with van der Waals surface area (Å²) in [6.07, 6.45) is 2.60. The number of benzene rings is 1. The molecule has 1 aliphatic heterocycles. The maximum Gasteiger partial charge on any atom is 0.0412 e.